The van der Waals surface area contributed by atoms with Crippen LogP contribution in [0.3, 0.4) is 0 Å². The Kier molecular flexibility index (Phi) is 4.36. The number of alkyl halides is 3. The van der Waals surface area contributed by atoms with E-state index in [4.69, 9.17) is 4.52 Å². The predicted octanol–water partition coefficient (Wildman–Crippen LogP) is 4.75. The molecule has 0 aliphatic heterocycles. The van der Waals surface area contributed by atoms with Crippen LogP contribution in [0.2, 0.25) is 0 Å². The second-order valence-corrected chi connectivity index (χ2v) is 7.15. The summed E-state index contributed by atoms with van der Waals surface area (Å²) in [5, 5.41) is 7.17. The highest BCUT2D eigenvalue weighted by molar-refractivity contribution is 6.07. The minimum atomic E-state index is -4.55. The van der Waals surface area contributed by atoms with Crippen molar-refractivity contribution >= 4 is 17.0 Å². The molecular weight excluding hydrogens is 371 g/mol. The van der Waals surface area contributed by atoms with Crippen molar-refractivity contribution in [3.63, 3.8) is 0 Å². The lowest BCUT2D eigenvalue weighted by molar-refractivity contribution is -0.137. The number of aryl methyl sites for hydroxylation is 1. The first kappa shape index (κ1) is 18.5. The van der Waals surface area contributed by atoms with Crippen molar-refractivity contribution < 1.29 is 22.5 Å². The number of carbonyl (C=O) groups is 1. The predicted molar refractivity (Wildman–Crippen MR) is 96.6 cm³/mol. The molecule has 0 bridgehead atoms. The highest BCUT2D eigenvalue weighted by Gasteiger charge is 2.34. The van der Waals surface area contributed by atoms with E-state index in [1.54, 1.807) is 6.92 Å². The fourth-order valence-corrected chi connectivity index (χ4v) is 3.36. The molecule has 0 unspecified atom stereocenters. The molecule has 0 radical (unpaired) electrons. The summed E-state index contributed by atoms with van der Waals surface area (Å²) < 4.78 is 45.5. The van der Waals surface area contributed by atoms with E-state index >= 15 is 0 Å². The number of hydrogen-bond donors (Lipinski definition) is 1. The van der Waals surface area contributed by atoms with Gasteiger partial charge in [0, 0.05) is 11.6 Å². The maximum absolute atomic E-state index is 13.4. The summed E-state index contributed by atoms with van der Waals surface area (Å²) in [5.41, 5.74) is -0.214. The van der Waals surface area contributed by atoms with Gasteiger partial charge in [-0.3, -0.25) is 4.79 Å². The number of nitrogens with one attached hydrogen (secondary N) is 1. The summed E-state index contributed by atoms with van der Waals surface area (Å²) in [4.78, 5) is 17.1. The van der Waals surface area contributed by atoms with Crippen molar-refractivity contribution in [1.29, 1.82) is 0 Å². The maximum Gasteiger partial charge on any atom is 0.417 e. The van der Waals surface area contributed by atoms with Gasteiger partial charge in [0.15, 0.2) is 0 Å². The summed E-state index contributed by atoms with van der Waals surface area (Å²) in [6.07, 6.45) is -2.43. The first-order valence-corrected chi connectivity index (χ1v) is 9.00. The number of hydrogen-bond acceptors (Lipinski definition) is 4. The van der Waals surface area contributed by atoms with Crippen molar-refractivity contribution in [2.75, 3.05) is 0 Å². The molecule has 3 aromatic rings. The molecule has 1 fully saturated rings. The Bertz CT molecular complexity index is 1050. The molecule has 4 rings (SSSR count). The molecule has 5 nitrogen and oxygen atoms in total. The molecule has 1 atom stereocenters. The molecule has 0 saturated heterocycles. The van der Waals surface area contributed by atoms with Gasteiger partial charge >= 0.3 is 6.18 Å². The SMILES string of the molecule is Cc1noc2nc(-c3ccccc3C(F)(F)F)cc(C(=O)N[C@@H](C)C3CC3)c12. The molecule has 1 aliphatic rings. The van der Waals surface area contributed by atoms with Crippen molar-refractivity contribution in [1.82, 2.24) is 15.5 Å². The highest BCUT2D eigenvalue weighted by Crippen LogP contribution is 2.38. The van der Waals surface area contributed by atoms with Crippen molar-refractivity contribution in [3.05, 3.63) is 47.2 Å². The van der Waals surface area contributed by atoms with Gasteiger partial charge in [-0.05, 0) is 44.7 Å². The number of pyridine rings is 1. The van der Waals surface area contributed by atoms with Crippen LogP contribution < -0.4 is 5.32 Å². The second-order valence-electron chi connectivity index (χ2n) is 7.15. The first-order chi connectivity index (χ1) is 13.3. The van der Waals surface area contributed by atoms with Gasteiger partial charge in [-0.15, -0.1) is 0 Å². The van der Waals surface area contributed by atoms with Crippen LogP contribution in [0.1, 0.15) is 41.4 Å². The first-order valence-electron chi connectivity index (χ1n) is 9.00. The van der Waals surface area contributed by atoms with Crippen molar-refractivity contribution in [2.24, 2.45) is 5.92 Å². The van der Waals surface area contributed by atoms with E-state index < -0.39 is 11.7 Å². The van der Waals surface area contributed by atoms with Crippen molar-refractivity contribution in [2.45, 2.75) is 38.9 Å². The fourth-order valence-electron chi connectivity index (χ4n) is 3.36. The molecule has 2 heterocycles. The van der Waals surface area contributed by atoms with Gasteiger partial charge in [0.1, 0.15) is 0 Å². The molecule has 2 aromatic heterocycles. The van der Waals surface area contributed by atoms with Crippen molar-refractivity contribution in [3.8, 4) is 11.3 Å². The third-order valence-electron chi connectivity index (χ3n) is 5.06. The lowest BCUT2D eigenvalue weighted by Crippen LogP contribution is -2.34. The minimum Gasteiger partial charge on any atom is -0.349 e. The average Bonchev–Trinajstić information content (AvgIpc) is 3.44. The van der Waals surface area contributed by atoms with E-state index in [2.05, 4.69) is 15.5 Å². The normalized spacial score (nSPS) is 15.6. The zero-order valence-electron chi connectivity index (χ0n) is 15.3. The second kappa shape index (κ2) is 6.61. The molecule has 1 aromatic carbocycles. The minimum absolute atomic E-state index is 0.0122. The van der Waals surface area contributed by atoms with Gasteiger partial charge in [-0.1, -0.05) is 23.4 Å². The van der Waals surface area contributed by atoms with Crippen LogP contribution in [0.4, 0.5) is 13.2 Å². The Labute approximate surface area is 158 Å². The Morgan fingerprint density at radius 2 is 2.00 bits per heavy atom. The Hall–Kier alpha value is -2.90. The Balaban J connectivity index is 1.85. The van der Waals surface area contributed by atoms with Gasteiger partial charge in [-0.25, -0.2) is 4.98 Å². The molecule has 28 heavy (non-hydrogen) atoms. The van der Waals surface area contributed by atoms with Crippen LogP contribution in [-0.2, 0) is 6.18 Å². The van der Waals surface area contributed by atoms with Gasteiger partial charge < -0.3 is 9.84 Å². The zero-order chi connectivity index (χ0) is 20.1. The molecule has 146 valence electrons. The van der Waals surface area contributed by atoms with E-state index in [-0.39, 0.29) is 34.5 Å². The number of carbonyl (C=O) groups excluding carboxylic acids is 1. The van der Waals surface area contributed by atoms with E-state index in [0.717, 1.165) is 18.9 Å². The van der Waals surface area contributed by atoms with Crippen LogP contribution in [0.5, 0.6) is 0 Å². The number of halogens is 3. The van der Waals surface area contributed by atoms with Crippen LogP contribution >= 0.6 is 0 Å². The smallest absolute Gasteiger partial charge is 0.349 e. The summed E-state index contributed by atoms with van der Waals surface area (Å²) in [7, 11) is 0. The average molecular weight is 389 g/mol. The van der Waals surface area contributed by atoms with E-state index in [0.29, 0.717) is 17.0 Å². The number of rotatable bonds is 4. The largest absolute Gasteiger partial charge is 0.417 e. The molecule has 1 amide bonds. The van der Waals surface area contributed by atoms with E-state index in [9.17, 15) is 18.0 Å². The lowest BCUT2D eigenvalue weighted by atomic mass is 10.0. The Morgan fingerprint density at radius 1 is 1.29 bits per heavy atom. The maximum atomic E-state index is 13.4. The van der Waals surface area contributed by atoms with Gasteiger partial charge in [0.2, 0.25) is 0 Å². The van der Waals surface area contributed by atoms with Crippen LogP contribution in [0.25, 0.3) is 22.4 Å². The molecule has 1 aliphatic carbocycles. The fraction of sp³-hybridized carbons (Fsp3) is 0.350. The monoisotopic (exact) mass is 389 g/mol. The summed E-state index contributed by atoms with van der Waals surface area (Å²) in [5.74, 6) is 0.0686. The number of amides is 1. The zero-order valence-corrected chi connectivity index (χ0v) is 15.3. The van der Waals surface area contributed by atoms with E-state index in [1.807, 2.05) is 6.92 Å². The molecule has 0 spiro atoms. The van der Waals surface area contributed by atoms with Crippen LogP contribution in [-0.4, -0.2) is 22.1 Å². The number of benzene rings is 1. The number of fused-ring (bicyclic) bond motifs is 1. The third kappa shape index (κ3) is 3.34. The van der Waals surface area contributed by atoms with Gasteiger partial charge in [0.25, 0.3) is 11.6 Å². The Morgan fingerprint density at radius 3 is 2.68 bits per heavy atom. The third-order valence-corrected chi connectivity index (χ3v) is 5.06. The standard InChI is InChI=1S/C20H18F3N3O2/c1-10(12-7-8-12)24-18(27)14-9-16(25-19-17(14)11(2)26-28-19)13-5-3-4-6-15(13)20(21,22)23/h3-6,9-10,12H,7-8H2,1-2H3,(H,24,27)/t10-/m0/s1. The summed E-state index contributed by atoms with van der Waals surface area (Å²) >= 11 is 0. The van der Waals surface area contributed by atoms with Gasteiger partial charge in [-0.2, -0.15) is 13.2 Å². The molecular formula is C20H18F3N3O2. The quantitative estimate of drug-likeness (QED) is 0.700. The lowest BCUT2D eigenvalue weighted by Gasteiger charge is -2.15. The summed E-state index contributed by atoms with van der Waals surface area (Å²) in [6, 6.07) is 6.50. The number of nitrogens with zero attached hydrogens (tertiary/aromatic N) is 2. The number of aromatic nitrogens is 2. The molecule has 8 heteroatoms. The van der Waals surface area contributed by atoms with Crippen LogP contribution in [0.15, 0.2) is 34.9 Å². The summed E-state index contributed by atoms with van der Waals surface area (Å²) in [6.45, 7) is 3.59. The topological polar surface area (TPSA) is 68.0 Å². The van der Waals surface area contributed by atoms with Gasteiger partial charge in [0.05, 0.1) is 27.9 Å². The van der Waals surface area contributed by atoms with Crippen LogP contribution in [0, 0.1) is 12.8 Å². The highest BCUT2D eigenvalue weighted by atomic mass is 19.4. The van der Waals surface area contributed by atoms with E-state index in [1.165, 1.54) is 24.3 Å². The molecule has 1 saturated carbocycles. The molecule has 1 N–H and O–H groups in total.